The molecule has 0 saturated carbocycles. The van der Waals surface area contributed by atoms with Crippen LogP contribution in [-0.2, 0) is 0 Å². The first-order valence-corrected chi connectivity index (χ1v) is 8.05. The third kappa shape index (κ3) is 4.11. The number of rotatable bonds is 3. The van der Waals surface area contributed by atoms with E-state index in [1.807, 2.05) is 12.1 Å². The lowest BCUT2D eigenvalue weighted by atomic mass is 10.1. The molecule has 2 heterocycles. The van der Waals surface area contributed by atoms with Gasteiger partial charge in [0.05, 0.1) is 10.7 Å². The van der Waals surface area contributed by atoms with Crippen LogP contribution in [-0.4, -0.2) is 40.3 Å². The van der Waals surface area contributed by atoms with Crippen LogP contribution in [0.3, 0.4) is 0 Å². The molecule has 126 valence electrons. The summed E-state index contributed by atoms with van der Waals surface area (Å²) in [6.07, 6.45) is 3.24. The Labute approximate surface area is 144 Å². The SMILES string of the molecule is O=C(Nc1ccc(F)cc1Cl)N1CCC(Nc2cccnn2)CC1. The van der Waals surface area contributed by atoms with E-state index in [9.17, 15) is 9.18 Å². The second-order valence-electron chi connectivity index (χ2n) is 5.57. The lowest BCUT2D eigenvalue weighted by molar-refractivity contribution is 0.197. The van der Waals surface area contributed by atoms with Crippen LogP contribution in [0.15, 0.2) is 36.5 Å². The van der Waals surface area contributed by atoms with Crippen molar-refractivity contribution >= 4 is 29.1 Å². The van der Waals surface area contributed by atoms with Gasteiger partial charge in [-0.2, -0.15) is 5.10 Å². The predicted octanol–water partition coefficient (Wildman–Crippen LogP) is 3.38. The molecule has 0 radical (unpaired) electrons. The molecule has 1 aliphatic rings. The zero-order valence-corrected chi connectivity index (χ0v) is 13.6. The number of hydrogen-bond acceptors (Lipinski definition) is 4. The number of hydrogen-bond donors (Lipinski definition) is 2. The molecule has 2 amide bonds. The third-order valence-corrected chi connectivity index (χ3v) is 4.19. The topological polar surface area (TPSA) is 70.2 Å². The molecule has 1 aliphatic heterocycles. The van der Waals surface area contributed by atoms with Gasteiger partial charge >= 0.3 is 6.03 Å². The van der Waals surface area contributed by atoms with Gasteiger partial charge in [0, 0.05) is 25.3 Å². The first kappa shape index (κ1) is 16.4. The van der Waals surface area contributed by atoms with E-state index in [1.54, 1.807) is 11.1 Å². The Morgan fingerprint density at radius 2 is 2.08 bits per heavy atom. The van der Waals surface area contributed by atoms with Crippen molar-refractivity contribution in [3.63, 3.8) is 0 Å². The second-order valence-corrected chi connectivity index (χ2v) is 5.98. The highest BCUT2D eigenvalue weighted by Crippen LogP contribution is 2.23. The van der Waals surface area contributed by atoms with E-state index >= 15 is 0 Å². The molecule has 0 spiro atoms. The number of likely N-dealkylation sites (tertiary alicyclic amines) is 1. The molecule has 0 atom stereocenters. The minimum absolute atomic E-state index is 0.183. The summed E-state index contributed by atoms with van der Waals surface area (Å²) in [6.45, 7) is 1.23. The largest absolute Gasteiger partial charge is 0.366 e. The van der Waals surface area contributed by atoms with E-state index < -0.39 is 5.82 Å². The highest BCUT2D eigenvalue weighted by molar-refractivity contribution is 6.33. The molecule has 0 bridgehead atoms. The summed E-state index contributed by atoms with van der Waals surface area (Å²) in [4.78, 5) is 14.0. The minimum Gasteiger partial charge on any atom is -0.366 e. The van der Waals surface area contributed by atoms with Crippen LogP contribution in [0.1, 0.15) is 12.8 Å². The van der Waals surface area contributed by atoms with Crippen molar-refractivity contribution in [2.24, 2.45) is 0 Å². The van der Waals surface area contributed by atoms with E-state index in [2.05, 4.69) is 20.8 Å². The lowest BCUT2D eigenvalue weighted by Gasteiger charge is -2.32. The molecular weight excluding hydrogens is 333 g/mol. The third-order valence-electron chi connectivity index (χ3n) is 3.88. The highest BCUT2D eigenvalue weighted by atomic mass is 35.5. The van der Waals surface area contributed by atoms with Gasteiger partial charge in [0.25, 0.3) is 0 Å². The van der Waals surface area contributed by atoms with Gasteiger partial charge in [0.1, 0.15) is 11.6 Å². The number of halogens is 2. The van der Waals surface area contributed by atoms with E-state index in [1.165, 1.54) is 18.2 Å². The highest BCUT2D eigenvalue weighted by Gasteiger charge is 2.23. The first-order valence-electron chi connectivity index (χ1n) is 7.67. The maximum absolute atomic E-state index is 13.0. The number of aromatic nitrogens is 2. The smallest absolute Gasteiger partial charge is 0.321 e. The van der Waals surface area contributed by atoms with Gasteiger partial charge in [-0.3, -0.25) is 0 Å². The maximum Gasteiger partial charge on any atom is 0.321 e. The Morgan fingerprint density at radius 1 is 1.29 bits per heavy atom. The summed E-state index contributed by atoms with van der Waals surface area (Å²) < 4.78 is 13.0. The van der Waals surface area contributed by atoms with E-state index in [0.29, 0.717) is 18.8 Å². The lowest BCUT2D eigenvalue weighted by Crippen LogP contribution is -2.44. The Balaban J connectivity index is 1.51. The fraction of sp³-hybridized carbons (Fsp3) is 0.312. The van der Waals surface area contributed by atoms with Gasteiger partial charge in [0.2, 0.25) is 0 Å². The molecule has 1 saturated heterocycles. The van der Waals surface area contributed by atoms with Gasteiger partial charge < -0.3 is 15.5 Å². The van der Waals surface area contributed by atoms with E-state index in [4.69, 9.17) is 11.6 Å². The minimum atomic E-state index is -0.436. The van der Waals surface area contributed by atoms with Crippen molar-refractivity contribution < 1.29 is 9.18 Å². The summed E-state index contributed by atoms with van der Waals surface area (Å²) in [5.74, 6) is 0.299. The molecule has 2 aromatic rings. The Morgan fingerprint density at radius 3 is 2.75 bits per heavy atom. The van der Waals surface area contributed by atoms with Gasteiger partial charge in [-0.05, 0) is 43.2 Å². The van der Waals surface area contributed by atoms with Gasteiger partial charge in [0.15, 0.2) is 0 Å². The summed E-state index contributed by atoms with van der Waals surface area (Å²) >= 11 is 5.93. The predicted molar refractivity (Wildman–Crippen MR) is 90.7 cm³/mol. The molecule has 1 aromatic heterocycles. The number of piperidine rings is 1. The van der Waals surface area contributed by atoms with Crippen LogP contribution in [0, 0.1) is 5.82 Å². The van der Waals surface area contributed by atoms with Crippen LogP contribution >= 0.6 is 11.6 Å². The number of nitrogens with zero attached hydrogens (tertiary/aromatic N) is 3. The summed E-state index contributed by atoms with van der Waals surface area (Å²) in [5.41, 5.74) is 0.405. The van der Waals surface area contributed by atoms with Crippen LogP contribution < -0.4 is 10.6 Å². The Bertz CT molecular complexity index is 707. The number of nitrogens with one attached hydrogen (secondary N) is 2. The van der Waals surface area contributed by atoms with Gasteiger partial charge in [-0.15, -0.1) is 5.10 Å². The number of amides is 2. The van der Waals surface area contributed by atoms with Crippen molar-refractivity contribution in [2.45, 2.75) is 18.9 Å². The molecule has 8 heteroatoms. The average Bonchev–Trinajstić information content (AvgIpc) is 2.59. The summed E-state index contributed by atoms with van der Waals surface area (Å²) in [5, 5.41) is 14.0. The summed E-state index contributed by atoms with van der Waals surface area (Å²) in [6, 6.07) is 7.60. The van der Waals surface area contributed by atoms with E-state index in [0.717, 1.165) is 18.7 Å². The number of carbonyl (C=O) groups is 1. The van der Waals surface area contributed by atoms with Crippen molar-refractivity contribution in [1.82, 2.24) is 15.1 Å². The molecule has 0 unspecified atom stereocenters. The normalized spacial score (nSPS) is 15.2. The molecule has 2 N–H and O–H groups in total. The second kappa shape index (κ2) is 7.44. The standard InChI is InChI=1S/C16H17ClFN5O/c17-13-10-11(18)3-4-14(13)21-16(24)23-8-5-12(6-9-23)20-15-2-1-7-19-22-15/h1-4,7,10,12H,5-6,8-9H2,(H,20,22)(H,21,24). The van der Waals surface area contributed by atoms with Crippen molar-refractivity contribution in [3.05, 3.63) is 47.4 Å². The Kier molecular flexibility index (Phi) is 5.10. The van der Waals surface area contributed by atoms with Crippen LogP contribution in [0.2, 0.25) is 5.02 Å². The molecule has 3 rings (SSSR count). The maximum atomic E-state index is 13.0. The average molecular weight is 350 g/mol. The van der Waals surface area contributed by atoms with Gasteiger partial charge in [-0.1, -0.05) is 11.6 Å². The Hall–Kier alpha value is -2.41. The number of urea groups is 1. The number of anilines is 2. The molecule has 0 aliphatic carbocycles. The van der Waals surface area contributed by atoms with Crippen LogP contribution in [0.4, 0.5) is 20.7 Å². The van der Waals surface area contributed by atoms with Crippen molar-refractivity contribution in [1.29, 1.82) is 0 Å². The van der Waals surface area contributed by atoms with Crippen LogP contribution in [0.25, 0.3) is 0 Å². The molecule has 1 fully saturated rings. The molecule has 1 aromatic carbocycles. The fourth-order valence-corrected chi connectivity index (χ4v) is 2.81. The number of benzene rings is 1. The zero-order valence-electron chi connectivity index (χ0n) is 12.9. The quantitative estimate of drug-likeness (QED) is 0.891. The molecular formula is C16H17ClFN5O. The van der Waals surface area contributed by atoms with E-state index in [-0.39, 0.29) is 17.1 Å². The van der Waals surface area contributed by atoms with Crippen molar-refractivity contribution in [2.75, 3.05) is 23.7 Å². The fourth-order valence-electron chi connectivity index (χ4n) is 2.60. The van der Waals surface area contributed by atoms with Crippen LogP contribution in [0.5, 0.6) is 0 Å². The molecule has 24 heavy (non-hydrogen) atoms. The number of carbonyl (C=O) groups excluding carboxylic acids is 1. The first-order chi connectivity index (χ1) is 11.6. The molecule has 6 nitrogen and oxygen atoms in total. The van der Waals surface area contributed by atoms with Gasteiger partial charge in [-0.25, -0.2) is 9.18 Å². The summed E-state index contributed by atoms with van der Waals surface area (Å²) in [7, 11) is 0. The van der Waals surface area contributed by atoms with Crippen molar-refractivity contribution in [3.8, 4) is 0 Å². The zero-order chi connectivity index (χ0) is 16.9. The monoisotopic (exact) mass is 349 g/mol.